The van der Waals surface area contributed by atoms with Crippen molar-refractivity contribution in [3.05, 3.63) is 12.3 Å². The van der Waals surface area contributed by atoms with E-state index in [0.29, 0.717) is 11.8 Å². The minimum atomic E-state index is 0.0980. The lowest BCUT2D eigenvalue weighted by molar-refractivity contribution is -0.126. The normalized spacial score (nSPS) is 17.4. The molecule has 1 N–H and O–H groups in total. The lowest BCUT2D eigenvalue weighted by Crippen LogP contribution is -2.43. The third kappa shape index (κ3) is 4.06. The average molecular weight is 292 g/mol. The number of carbonyl (C=O) groups excluding carboxylic acids is 1. The van der Waals surface area contributed by atoms with Gasteiger partial charge in [0, 0.05) is 37.3 Å². The van der Waals surface area contributed by atoms with Crippen LogP contribution in [-0.2, 0) is 4.79 Å². The van der Waals surface area contributed by atoms with Crippen LogP contribution in [0.1, 0.15) is 33.1 Å². The molecule has 0 unspecified atom stereocenters. The number of ether oxygens (including phenoxy) is 1. The number of piperidine rings is 1. The van der Waals surface area contributed by atoms with Gasteiger partial charge in [-0.05, 0) is 26.2 Å². The van der Waals surface area contributed by atoms with Crippen LogP contribution >= 0.6 is 0 Å². The second kappa shape index (κ2) is 7.24. The van der Waals surface area contributed by atoms with E-state index in [1.165, 1.54) is 0 Å². The van der Waals surface area contributed by atoms with E-state index in [2.05, 4.69) is 27.1 Å². The summed E-state index contributed by atoms with van der Waals surface area (Å²) in [6.45, 7) is 5.71. The third-order valence-electron chi connectivity index (χ3n) is 3.98. The maximum atomic E-state index is 12.1. The highest BCUT2D eigenvalue weighted by Gasteiger charge is 2.26. The summed E-state index contributed by atoms with van der Waals surface area (Å²) in [4.78, 5) is 22.9. The zero-order chi connectivity index (χ0) is 15.2. The van der Waals surface area contributed by atoms with Crippen LogP contribution in [-0.4, -0.2) is 42.1 Å². The van der Waals surface area contributed by atoms with Gasteiger partial charge in [-0.3, -0.25) is 4.79 Å². The van der Waals surface area contributed by atoms with Crippen LogP contribution in [0.3, 0.4) is 0 Å². The number of amides is 1. The number of anilines is 1. The van der Waals surface area contributed by atoms with Gasteiger partial charge in [0.05, 0.1) is 7.11 Å². The highest BCUT2D eigenvalue weighted by atomic mass is 16.5. The predicted octanol–water partition coefficient (Wildman–Crippen LogP) is 1.62. The minimum Gasteiger partial charge on any atom is -0.481 e. The molecule has 1 amide bonds. The number of nitrogens with zero attached hydrogens (tertiary/aromatic N) is 3. The fourth-order valence-electron chi connectivity index (χ4n) is 2.40. The predicted molar refractivity (Wildman–Crippen MR) is 81.4 cm³/mol. The molecule has 0 bridgehead atoms. The minimum absolute atomic E-state index is 0.0980. The summed E-state index contributed by atoms with van der Waals surface area (Å²) < 4.78 is 5.12. The fourth-order valence-corrected chi connectivity index (χ4v) is 2.40. The molecular weight excluding hydrogens is 268 g/mol. The Balaban J connectivity index is 1.89. The Morgan fingerprint density at radius 2 is 2.24 bits per heavy atom. The van der Waals surface area contributed by atoms with Gasteiger partial charge in [0.25, 0.3) is 0 Å². The van der Waals surface area contributed by atoms with Crippen LogP contribution < -0.4 is 15.0 Å². The van der Waals surface area contributed by atoms with Gasteiger partial charge in [-0.1, -0.05) is 6.92 Å². The molecule has 0 saturated carbocycles. The van der Waals surface area contributed by atoms with E-state index in [9.17, 15) is 4.79 Å². The van der Waals surface area contributed by atoms with Gasteiger partial charge in [0.15, 0.2) is 0 Å². The number of hydrogen-bond donors (Lipinski definition) is 1. The summed E-state index contributed by atoms with van der Waals surface area (Å²) in [6.07, 6.45) is 4.33. The Bertz CT molecular complexity index is 472. The van der Waals surface area contributed by atoms with Gasteiger partial charge in [-0.2, -0.15) is 4.98 Å². The topological polar surface area (TPSA) is 67.4 Å². The van der Waals surface area contributed by atoms with Crippen LogP contribution in [0, 0.1) is 5.92 Å². The van der Waals surface area contributed by atoms with Crippen molar-refractivity contribution in [1.82, 2.24) is 15.3 Å². The average Bonchev–Trinajstić information content (AvgIpc) is 2.54. The van der Waals surface area contributed by atoms with Crippen molar-refractivity contribution in [1.29, 1.82) is 0 Å². The number of carbonyl (C=O) groups is 1. The number of hydrogen-bond acceptors (Lipinski definition) is 5. The lowest BCUT2D eigenvalue weighted by atomic mass is 9.95. The Morgan fingerprint density at radius 1 is 1.52 bits per heavy atom. The number of aromatic nitrogens is 2. The molecule has 0 aromatic carbocycles. The molecular formula is C15H24N4O2. The van der Waals surface area contributed by atoms with E-state index in [1.807, 2.05) is 6.92 Å². The Labute approximate surface area is 125 Å². The van der Waals surface area contributed by atoms with Crippen LogP contribution in [0.4, 0.5) is 5.95 Å². The molecule has 6 heteroatoms. The van der Waals surface area contributed by atoms with Gasteiger partial charge >= 0.3 is 0 Å². The Morgan fingerprint density at radius 3 is 2.86 bits per heavy atom. The molecule has 0 aliphatic carbocycles. The summed E-state index contributed by atoms with van der Waals surface area (Å²) >= 11 is 0. The van der Waals surface area contributed by atoms with E-state index in [1.54, 1.807) is 19.4 Å². The molecule has 21 heavy (non-hydrogen) atoms. The van der Waals surface area contributed by atoms with Crippen LogP contribution in [0.2, 0.25) is 0 Å². The van der Waals surface area contributed by atoms with Crippen molar-refractivity contribution in [2.45, 2.75) is 39.2 Å². The van der Waals surface area contributed by atoms with Crippen molar-refractivity contribution in [2.24, 2.45) is 5.92 Å². The monoisotopic (exact) mass is 292 g/mol. The van der Waals surface area contributed by atoms with Gasteiger partial charge in [-0.25, -0.2) is 4.98 Å². The van der Waals surface area contributed by atoms with E-state index in [0.717, 1.165) is 32.4 Å². The first-order valence-electron chi connectivity index (χ1n) is 7.56. The first kappa shape index (κ1) is 15.5. The van der Waals surface area contributed by atoms with Gasteiger partial charge < -0.3 is 15.0 Å². The molecule has 1 fully saturated rings. The van der Waals surface area contributed by atoms with Crippen LogP contribution in [0.15, 0.2) is 12.3 Å². The van der Waals surface area contributed by atoms with E-state index < -0.39 is 0 Å². The zero-order valence-electron chi connectivity index (χ0n) is 13.0. The van der Waals surface area contributed by atoms with Crippen molar-refractivity contribution in [2.75, 3.05) is 25.1 Å². The second-order valence-electron chi connectivity index (χ2n) is 5.48. The van der Waals surface area contributed by atoms with Crippen LogP contribution in [0.5, 0.6) is 5.88 Å². The molecule has 1 aliphatic rings. The largest absolute Gasteiger partial charge is 0.481 e. The zero-order valence-corrected chi connectivity index (χ0v) is 13.0. The Kier molecular flexibility index (Phi) is 5.36. The molecule has 1 aromatic rings. The molecule has 1 saturated heterocycles. The molecule has 2 heterocycles. The molecule has 1 atom stereocenters. The first-order chi connectivity index (χ1) is 10.1. The number of methoxy groups -OCH3 is 1. The maximum absolute atomic E-state index is 12.1. The van der Waals surface area contributed by atoms with Crippen LogP contribution in [0.25, 0.3) is 0 Å². The highest BCUT2D eigenvalue weighted by molar-refractivity contribution is 5.79. The number of rotatable bonds is 5. The summed E-state index contributed by atoms with van der Waals surface area (Å²) in [5.41, 5.74) is 0. The van der Waals surface area contributed by atoms with Gasteiger partial charge in [0.1, 0.15) is 0 Å². The standard InChI is InChI=1S/C15H24N4O2/c1-4-11(2)17-14(20)12-6-9-19(10-7-12)15-16-8-5-13(18-15)21-3/h5,8,11-12H,4,6-7,9-10H2,1-3H3,(H,17,20)/t11-/m0/s1. The Hall–Kier alpha value is -1.85. The van der Waals surface area contributed by atoms with Crippen molar-refractivity contribution >= 4 is 11.9 Å². The molecule has 2 rings (SSSR count). The summed E-state index contributed by atoms with van der Waals surface area (Å²) in [5, 5.41) is 3.06. The van der Waals surface area contributed by atoms with E-state index in [4.69, 9.17) is 4.74 Å². The molecule has 116 valence electrons. The molecule has 0 radical (unpaired) electrons. The fraction of sp³-hybridized carbons (Fsp3) is 0.667. The molecule has 1 aliphatic heterocycles. The second-order valence-corrected chi connectivity index (χ2v) is 5.48. The van der Waals surface area contributed by atoms with Gasteiger partial charge in [0.2, 0.25) is 17.7 Å². The SMILES string of the molecule is CC[C@H](C)NC(=O)C1CCN(c2nccc(OC)n2)CC1. The quantitative estimate of drug-likeness (QED) is 0.893. The molecule has 6 nitrogen and oxygen atoms in total. The van der Waals surface area contributed by atoms with Crippen molar-refractivity contribution < 1.29 is 9.53 Å². The third-order valence-corrected chi connectivity index (χ3v) is 3.98. The summed E-state index contributed by atoms with van der Waals surface area (Å²) in [6, 6.07) is 1.98. The van der Waals surface area contributed by atoms with Gasteiger partial charge in [-0.15, -0.1) is 0 Å². The number of nitrogens with one attached hydrogen (secondary N) is 1. The molecule has 0 spiro atoms. The van der Waals surface area contributed by atoms with E-state index in [-0.39, 0.29) is 17.9 Å². The van der Waals surface area contributed by atoms with Crippen molar-refractivity contribution in [3.63, 3.8) is 0 Å². The summed E-state index contributed by atoms with van der Waals surface area (Å²) in [7, 11) is 1.59. The smallest absolute Gasteiger partial charge is 0.228 e. The lowest BCUT2D eigenvalue weighted by Gasteiger charge is -2.31. The van der Waals surface area contributed by atoms with Crippen molar-refractivity contribution in [3.8, 4) is 5.88 Å². The highest BCUT2D eigenvalue weighted by Crippen LogP contribution is 2.22. The molecule has 1 aromatic heterocycles. The maximum Gasteiger partial charge on any atom is 0.228 e. The van der Waals surface area contributed by atoms with E-state index >= 15 is 0 Å². The summed E-state index contributed by atoms with van der Waals surface area (Å²) in [5.74, 6) is 1.52. The first-order valence-corrected chi connectivity index (χ1v) is 7.56.